The molecule has 1 aromatic rings. The Morgan fingerprint density at radius 2 is 2.08 bits per heavy atom. The second kappa shape index (κ2) is 8.36. The number of hydrogen-bond acceptors (Lipinski definition) is 5. The van der Waals surface area contributed by atoms with Crippen LogP contribution in [0.4, 0.5) is 0 Å². The highest BCUT2D eigenvalue weighted by Gasteiger charge is 2.25. The summed E-state index contributed by atoms with van der Waals surface area (Å²) in [4.78, 5) is 17.2. The second-order valence-corrected chi connectivity index (χ2v) is 6.32. The number of para-hydroxylation sites is 1. The van der Waals surface area contributed by atoms with Gasteiger partial charge in [0.1, 0.15) is 6.61 Å². The van der Waals surface area contributed by atoms with Crippen LogP contribution < -0.4 is 9.47 Å². The van der Waals surface area contributed by atoms with E-state index in [0.29, 0.717) is 17.1 Å². The zero-order chi connectivity index (χ0) is 17.6. The van der Waals surface area contributed by atoms with E-state index in [-0.39, 0.29) is 12.5 Å². The summed E-state index contributed by atoms with van der Waals surface area (Å²) in [6, 6.07) is 5.71. The van der Waals surface area contributed by atoms with Crippen LogP contribution in [0.2, 0.25) is 0 Å². The molecule has 0 N–H and O–H groups in total. The van der Waals surface area contributed by atoms with E-state index in [4.69, 9.17) is 14.2 Å². The molecule has 6 nitrogen and oxygen atoms in total. The highest BCUT2D eigenvalue weighted by molar-refractivity contribution is 5.99. The van der Waals surface area contributed by atoms with Gasteiger partial charge in [-0.05, 0) is 25.1 Å². The summed E-state index contributed by atoms with van der Waals surface area (Å²) in [5, 5.41) is 0. The van der Waals surface area contributed by atoms with E-state index in [9.17, 15) is 4.79 Å². The Bertz CT molecular complexity index is 644. The average molecular weight is 346 g/mol. The molecule has 2 aliphatic rings. The summed E-state index contributed by atoms with van der Waals surface area (Å²) >= 11 is 0. The maximum Gasteiger partial charge on any atom is 0.253 e. The van der Waals surface area contributed by atoms with Gasteiger partial charge in [-0.1, -0.05) is 12.1 Å². The van der Waals surface area contributed by atoms with Crippen molar-refractivity contribution >= 4 is 12.0 Å². The lowest BCUT2D eigenvalue weighted by molar-refractivity contribution is -0.127. The zero-order valence-corrected chi connectivity index (χ0v) is 15.0. The predicted octanol–water partition coefficient (Wildman–Crippen LogP) is 1.65. The van der Waals surface area contributed by atoms with Crippen LogP contribution in [0.5, 0.6) is 11.5 Å². The lowest BCUT2D eigenvalue weighted by atomic mass is 10.1. The largest absolute Gasteiger partial charge is 0.493 e. The van der Waals surface area contributed by atoms with Gasteiger partial charge in [0, 0.05) is 38.9 Å². The molecule has 6 heteroatoms. The van der Waals surface area contributed by atoms with Crippen LogP contribution >= 0.6 is 0 Å². The fourth-order valence-corrected chi connectivity index (χ4v) is 3.29. The first-order valence-corrected chi connectivity index (χ1v) is 8.74. The fraction of sp³-hybridized carbons (Fsp3) is 0.526. The fourth-order valence-electron chi connectivity index (χ4n) is 3.29. The van der Waals surface area contributed by atoms with Crippen molar-refractivity contribution in [3.63, 3.8) is 0 Å². The number of fused-ring (bicyclic) bond motifs is 1. The van der Waals surface area contributed by atoms with Crippen molar-refractivity contribution < 1.29 is 19.0 Å². The SMILES string of the molecule is COCCN1CCCN(C(=O)C2=Cc3cccc(OC)c3OC2)CC1. The molecule has 25 heavy (non-hydrogen) atoms. The molecule has 0 atom stereocenters. The Kier molecular flexibility index (Phi) is 5.94. The van der Waals surface area contributed by atoms with Crippen LogP contribution in [0.1, 0.15) is 12.0 Å². The molecule has 0 saturated carbocycles. The topological polar surface area (TPSA) is 51.2 Å². The molecule has 0 spiro atoms. The van der Waals surface area contributed by atoms with Crippen LogP contribution in [0, 0.1) is 0 Å². The molecule has 1 amide bonds. The van der Waals surface area contributed by atoms with Gasteiger partial charge in [-0.3, -0.25) is 9.69 Å². The summed E-state index contributed by atoms with van der Waals surface area (Å²) in [6.45, 7) is 5.34. The van der Waals surface area contributed by atoms with Gasteiger partial charge in [0.2, 0.25) is 0 Å². The van der Waals surface area contributed by atoms with Crippen molar-refractivity contribution in [3.8, 4) is 11.5 Å². The number of benzene rings is 1. The van der Waals surface area contributed by atoms with Gasteiger partial charge in [-0.25, -0.2) is 0 Å². The number of carbonyl (C=O) groups excluding carboxylic acids is 1. The molecule has 1 aromatic carbocycles. The summed E-state index contributed by atoms with van der Waals surface area (Å²) in [7, 11) is 3.34. The Morgan fingerprint density at radius 1 is 1.20 bits per heavy atom. The van der Waals surface area contributed by atoms with Crippen molar-refractivity contribution in [2.45, 2.75) is 6.42 Å². The molecule has 0 bridgehead atoms. The third-order valence-corrected chi connectivity index (χ3v) is 4.69. The summed E-state index contributed by atoms with van der Waals surface area (Å²) < 4.78 is 16.3. The van der Waals surface area contributed by atoms with Crippen LogP contribution in [0.15, 0.2) is 23.8 Å². The first-order chi connectivity index (χ1) is 12.2. The Morgan fingerprint density at radius 3 is 2.88 bits per heavy atom. The third kappa shape index (κ3) is 4.14. The monoisotopic (exact) mass is 346 g/mol. The second-order valence-electron chi connectivity index (χ2n) is 6.32. The number of hydrogen-bond donors (Lipinski definition) is 0. The van der Waals surface area contributed by atoms with Gasteiger partial charge in [-0.2, -0.15) is 0 Å². The van der Waals surface area contributed by atoms with Gasteiger partial charge in [0.15, 0.2) is 11.5 Å². The number of amides is 1. The summed E-state index contributed by atoms with van der Waals surface area (Å²) in [5.74, 6) is 1.48. The normalized spacial score (nSPS) is 18.0. The van der Waals surface area contributed by atoms with E-state index in [1.54, 1.807) is 14.2 Å². The highest BCUT2D eigenvalue weighted by atomic mass is 16.5. The van der Waals surface area contributed by atoms with Crippen LogP contribution in [0.3, 0.4) is 0 Å². The number of methoxy groups -OCH3 is 2. The molecule has 136 valence electrons. The van der Waals surface area contributed by atoms with Gasteiger partial charge in [-0.15, -0.1) is 0 Å². The minimum Gasteiger partial charge on any atom is -0.493 e. The lowest BCUT2D eigenvalue weighted by Crippen LogP contribution is -2.38. The van der Waals surface area contributed by atoms with Crippen molar-refractivity contribution in [1.29, 1.82) is 0 Å². The molecular formula is C19H26N2O4. The van der Waals surface area contributed by atoms with E-state index in [1.807, 2.05) is 29.2 Å². The first kappa shape index (κ1) is 17.8. The number of nitrogens with zero attached hydrogens (tertiary/aromatic N) is 2. The zero-order valence-electron chi connectivity index (χ0n) is 15.0. The number of rotatable bonds is 5. The number of ether oxygens (including phenoxy) is 3. The molecule has 0 unspecified atom stereocenters. The summed E-state index contributed by atoms with van der Waals surface area (Å²) in [5.41, 5.74) is 1.59. The highest BCUT2D eigenvalue weighted by Crippen LogP contribution is 2.35. The van der Waals surface area contributed by atoms with E-state index in [0.717, 1.165) is 51.3 Å². The van der Waals surface area contributed by atoms with Crippen molar-refractivity contribution in [2.75, 3.05) is 60.2 Å². The van der Waals surface area contributed by atoms with E-state index in [2.05, 4.69) is 4.90 Å². The lowest BCUT2D eigenvalue weighted by Gasteiger charge is -2.25. The van der Waals surface area contributed by atoms with E-state index in [1.165, 1.54) is 0 Å². The van der Waals surface area contributed by atoms with Gasteiger partial charge < -0.3 is 19.1 Å². The van der Waals surface area contributed by atoms with Crippen molar-refractivity contribution in [2.24, 2.45) is 0 Å². The minimum absolute atomic E-state index is 0.0714. The number of carbonyl (C=O) groups is 1. The molecule has 1 fully saturated rings. The van der Waals surface area contributed by atoms with Gasteiger partial charge >= 0.3 is 0 Å². The third-order valence-electron chi connectivity index (χ3n) is 4.69. The summed E-state index contributed by atoms with van der Waals surface area (Å²) in [6.07, 6.45) is 2.91. The Hall–Kier alpha value is -2.05. The molecule has 0 aromatic heterocycles. The minimum atomic E-state index is 0.0714. The standard InChI is InChI=1S/C19H26N2O4/c1-23-12-11-20-7-4-8-21(10-9-20)19(22)16-13-15-5-3-6-17(24-2)18(15)25-14-16/h3,5-6,13H,4,7-12,14H2,1-2H3. The molecule has 0 radical (unpaired) electrons. The van der Waals surface area contributed by atoms with E-state index >= 15 is 0 Å². The Labute approximate surface area is 148 Å². The Balaban J connectivity index is 1.68. The predicted molar refractivity (Wildman–Crippen MR) is 96.0 cm³/mol. The smallest absolute Gasteiger partial charge is 0.253 e. The molecule has 1 saturated heterocycles. The maximum absolute atomic E-state index is 12.9. The van der Waals surface area contributed by atoms with Crippen LogP contribution in [0.25, 0.3) is 6.08 Å². The molecule has 2 heterocycles. The van der Waals surface area contributed by atoms with Crippen molar-refractivity contribution in [1.82, 2.24) is 9.80 Å². The van der Waals surface area contributed by atoms with Gasteiger partial charge in [0.25, 0.3) is 5.91 Å². The van der Waals surface area contributed by atoms with E-state index < -0.39 is 0 Å². The maximum atomic E-state index is 12.9. The molecular weight excluding hydrogens is 320 g/mol. The quantitative estimate of drug-likeness (QED) is 0.811. The molecule has 0 aliphatic carbocycles. The molecule has 3 rings (SSSR count). The van der Waals surface area contributed by atoms with Crippen LogP contribution in [-0.2, 0) is 9.53 Å². The van der Waals surface area contributed by atoms with Gasteiger partial charge in [0.05, 0.1) is 19.3 Å². The average Bonchev–Trinajstić information content (AvgIpc) is 2.90. The van der Waals surface area contributed by atoms with Crippen molar-refractivity contribution in [3.05, 3.63) is 29.3 Å². The molecule has 2 aliphatic heterocycles. The first-order valence-electron chi connectivity index (χ1n) is 8.74. The van der Waals surface area contributed by atoms with Crippen LogP contribution in [-0.4, -0.2) is 75.9 Å².